The molecular formula is C16H15ClN2S. The molecule has 3 rings (SSSR count). The second-order valence-corrected chi connectivity index (χ2v) is 6.15. The van der Waals surface area contributed by atoms with Crippen molar-refractivity contribution in [1.29, 1.82) is 0 Å². The van der Waals surface area contributed by atoms with E-state index in [1.165, 1.54) is 15.4 Å². The number of rotatable bonds is 4. The highest BCUT2D eigenvalue weighted by Gasteiger charge is 2.10. The summed E-state index contributed by atoms with van der Waals surface area (Å²) in [6.07, 6.45) is 0.872. The van der Waals surface area contributed by atoms with Crippen molar-refractivity contribution in [2.75, 3.05) is 13.1 Å². The van der Waals surface area contributed by atoms with Crippen molar-refractivity contribution in [3.8, 4) is 0 Å². The lowest BCUT2D eigenvalue weighted by Crippen LogP contribution is -2.20. The van der Waals surface area contributed by atoms with Crippen molar-refractivity contribution in [3.05, 3.63) is 59.1 Å². The first-order valence-electron chi connectivity index (χ1n) is 6.60. The molecule has 0 unspecified atom stereocenters. The first-order valence-corrected chi connectivity index (χ1v) is 7.79. The summed E-state index contributed by atoms with van der Waals surface area (Å²) < 4.78 is 0. The van der Waals surface area contributed by atoms with Gasteiger partial charge in [-0.1, -0.05) is 41.6 Å². The molecule has 0 amide bonds. The summed E-state index contributed by atoms with van der Waals surface area (Å²) in [6, 6.07) is 16.4. The number of benzene rings is 2. The van der Waals surface area contributed by atoms with Crippen molar-refractivity contribution in [1.82, 2.24) is 5.32 Å². The molecule has 1 aliphatic rings. The molecule has 0 aromatic heterocycles. The normalized spacial score (nSPS) is 13.9. The molecule has 0 radical (unpaired) electrons. The summed E-state index contributed by atoms with van der Waals surface area (Å²) in [7, 11) is 0. The van der Waals surface area contributed by atoms with Crippen LogP contribution in [0.4, 0.5) is 0 Å². The number of hydrogen-bond donors (Lipinski definition) is 1. The fourth-order valence-electron chi connectivity index (χ4n) is 2.12. The van der Waals surface area contributed by atoms with Gasteiger partial charge in [0.2, 0.25) is 0 Å². The van der Waals surface area contributed by atoms with E-state index in [0.717, 1.165) is 30.4 Å². The summed E-state index contributed by atoms with van der Waals surface area (Å²) in [6.45, 7) is 1.85. The Hall–Kier alpha value is -1.45. The van der Waals surface area contributed by atoms with Crippen LogP contribution in [-0.4, -0.2) is 18.9 Å². The molecule has 102 valence electrons. The zero-order valence-electron chi connectivity index (χ0n) is 11.0. The molecule has 2 nitrogen and oxygen atoms in total. The van der Waals surface area contributed by atoms with Crippen LogP contribution in [0.2, 0.25) is 5.02 Å². The first kappa shape index (κ1) is 13.5. The predicted octanol–water partition coefficient (Wildman–Crippen LogP) is 4.04. The van der Waals surface area contributed by atoms with Crippen LogP contribution in [0.3, 0.4) is 0 Å². The molecule has 1 aliphatic heterocycles. The molecule has 0 saturated carbocycles. The standard InChI is InChI=1S/C16H15ClN2S/c17-13-5-7-14(8-6-13)20-15-4-2-1-3-12(15)11-16-18-9-10-19-16/h1-8H,9-11H2,(H,18,19). The summed E-state index contributed by atoms with van der Waals surface area (Å²) in [5, 5.41) is 4.10. The van der Waals surface area contributed by atoms with Gasteiger partial charge in [-0.25, -0.2) is 0 Å². The molecular weight excluding hydrogens is 288 g/mol. The Morgan fingerprint density at radius 2 is 1.90 bits per heavy atom. The van der Waals surface area contributed by atoms with Crippen LogP contribution >= 0.6 is 23.4 Å². The van der Waals surface area contributed by atoms with Crippen molar-refractivity contribution < 1.29 is 0 Å². The second-order valence-electron chi connectivity index (χ2n) is 4.60. The molecule has 20 heavy (non-hydrogen) atoms. The van der Waals surface area contributed by atoms with Crippen LogP contribution in [0, 0.1) is 0 Å². The van der Waals surface area contributed by atoms with E-state index in [9.17, 15) is 0 Å². The smallest absolute Gasteiger partial charge is 0.101 e. The Bertz CT molecular complexity index is 623. The van der Waals surface area contributed by atoms with Crippen molar-refractivity contribution in [2.45, 2.75) is 16.2 Å². The Morgan fingerprint density at radius 1 is 1.10 bits per heavy atom. The van der Waals surface area contributed by atoms with Gasteiger partial charge < -0.3 is 5.32 Å². The SMILES string of the molecule is Clc1ccc(Sc2ccccc2CC2=NCCN2)cc1. The molecule has 1 N–H and O–H groups in total. The van der Waals surface area contributed by atoms with E-state index in [1.54, 1.807) is 11.8 Å². The zero-order chi connectivity index (χ0) is 13.8. The van der Waals surface area contributed by atoms with Crippen LogP contribution in [0.5, 0.6) is 0 Å². The second kappa shape index (κ2) is 6.33. The fourth-order valence-corrected chi connectivity index (χ4v) is 3.19. The fraction of sp³-hybridized carbons (Fsp3) is 0.188. The van der Waals surface area contributed by atoms with E-state index in [0.29, 0.717) is 0 Å². The lowest BCUT2D eigenvalue weighted by molar-refractivity contribution is 0.952. The Morgan fingerprint density at radius 3 is 2.65 bits per heavy atom. The minimum atomic E-state index is 0.771. The van der Waals surface area contributed by atoms with E-state index in [2.05, 4.69) is 46.7 Å². The highest BCUT2D eigenvalue weighted by atomic mass is 35.5. The number of hydrogen-bond acceptors (Lipinski definition) is 3. The number of amidine groups is 1. The molecule has 0 spiro atoms. The largest absolute Gasteiger partial charge is 0.372 e. The van der Waals surface area contributed by atoms with Gasteiger partial charge >= 0.3 is 0 Å². The predicted molar refractivity (Wildman–Crippen MR) is 86.0 cm³/mol. The van der Waals surface area contributed by atoms with Crippen molar-refractivity contribution in [3.63, 3.8) is 0 Å². The molecule has 1 heterocycles. The molecule has 4 heteroatoms. The van der Waals surface area contributed by atoms with E-state index >= 15 is 0 Å². The average Bonchev–Trinajstić information content (AvgIpc) is 2.96. The average molecular weight is 303 g/mol. The lowest BCUT2D eigenvalue weighted by atomic mass is 10.1. The Balaban J connectivity index is 1.80. The quantitative estimate of drug-likeness (QED) is 0.922. The lowest BCUT2D eigenvalue weighted by Gasteiger charge is -2.09. The number of halogens is 1. The molecule has 0 saturated heterocycles. The van der Waals surface area contributed by atoms with E-state index in [1.807, 2.05) is 12.1 Å². The molecule has 2 aromatic carbocycles. The molecule has 0 bridgehead atoms. The number of aliphatic imine (C=N–C) groups is 1. The summed E-state index contributed by atoms with van der Waals surface area (Å²) in [5.74, 6) is 1.09. The highest BCUT2D eigenvalue weighted by Crippen LogP contribution is 2.31. The Labute approximate surface area is 128 Å². The third-order valence-corrected chi connectivity index (χ3v) is 4.49. The monoisotopic (exact) mass is 302 g/mol. The van der Waals surface area contributed by atoms with Gasteiger partial charge in [-0.05, 0) is 35.9 Å². The van der Waals surface area contributed by atoms with Gasteiger partial charge in [0.25, 0.3) is 0 Å². The van der Waals surface area contributed by atoms with Gasteiger partial charge in [0.1, 0.15) is 5.84 Å². The zero-order valence-corrected chi connectivity index (χ0v) is 12.5. The Kier molecular flexibility index (Phi) is 4.28. The minimum Gasteiger partial charge on any atom is -0.372 e. The molecule has 0 atom stereocenters. The van der Waals surface area contributed by atoms with Gasteiger partial charge in [-0.3, -0.25) is 4.99 Å². The van der Waals surface area contributed by atoms with E-state index < -0.39 is 0 Å². The van der Waals surface area contributed by atoms with Crippen LogP contribution in [-0.2, 0) is 6.42 Å². The number of nitrogens with zero attached hydrogens (tertiary/aromatic N) is 1. The first-order chi connectivity index (χ1) is 9.81. The van der Waals surface area contributed by atoms with E-state index in [-0.39, 0.29) is 0 Å². The molecule has 0 fully saturated rings. The van der Waals surface area contributed by atoms with Gasteiger partial charge in [-0.2, -0.15) is 0 Å². The summed E-state index contributed by atoms with van der Waals surface area (Å²) >= 11 is 7.69. The van der Waals surface area contributed by atoms with Crippen LogP contribution in [0.1, 0.15) is 5.56 Å². The van der Waals surface area contributed by atoms with Crippen LogP contribution < -0.4 is 5.32 Å². The van der Waals surface area contributed by atoms with Crippen LogP contribution in [0.25, 0.3) is 0 Å². The van der Waals surface area contributed by atoms with Crippen LogP contribution in [0.15, 0.2) is 63.3 Å². The molecule has 0 aliphatic carbocycles. The molecule has 2 aromatic rings. The highest BCUT2D eigenvalue weighted by molar-refractivity contribution is 7.99. The number of nitrogens with one attached hydrogen (secondary N) is 1. The van der Waals surface area contributed by atoms with E-state index in [4.69, 9.17) is 11.6 Å². The maximum Gasteiger partial charge on any atom is 0.101 e. The van der Waals surface area contributed by atoms with Crippen molar-refractivity contribution in [2.24, 2.45) is 4.99 Å². The third kappa shape index (κ3) is 3.35. The minimum absolute atomic E-state index is 0.771. The van der Waals surface area contributed by atoms with Crippen molar-refractivity contribution >= 4 is 29.2 Å². The van der Waals surface area contributed by atoms with Gasteiger partial charge in [0, 0.05) is 27.8 Å². The summed E-state index contributed by atoms with van der Waals surface area (Å²) in [4.78, 5) is 6.94. The van der Waals surface area contributed by atoms with Gasteiger partial charge in [0.05, 0.1) is 6.54 Å². The topological polar surface area (TPSA) is 24.4 Å². The third-order valence-electron chi connectivity index (χ3n) is 3.12. The van der Waals surface area contributed by atoms with Gasteiger partial charge in [-0.15, -0.1) is 0 Å². The maximum absolute atomic E-state index is 5.93. The van der Waals surface area contributed by atoms with Gasteiger partial charge in [0.15, 0.2) is 0 Å². The maximum atomic E-state index is 5.93. The summed E-state index contributed by atoms with van der Waals surface area (Å²) in [5.41, 5.74) is 1.31.